The van der Waals surface area contributed by atoms with Gasteiger partial charge in [0.15, 0.2) is 0 Å². The van der Waals surface area contributed by atoms with Crippen molar-refractivity contribution >= 4 is 11.6 Å². The lowest BCUT2D eigenvalue weighted by molar-refractivity contribution is -0.118. The molecule has 2 unspecified atom stereocenters. The molecule has 1 aliphatic rings. The van der Waals surface area contributed by atoms with Crippen LogP contribution in [0.2, 0.25) is 0 Å². The molecule has 4 heteroatoms. The van der Waals surface area contributed by atoms with Crippen LogP contribution in [0.1, 0.15) is 31.7 Å². The molecule has 2 N–H and O–H groups in total. The van der Waals surface area contributed by atoms with E-state index in [0.29, 0.717) is 12.6 Å². The number of amides is 1. The minimum absolute atomic E-state index is 0.0708. The van der Waals surface area contributed by atoms with Gasteiger partial charge in [-0.15, -0.1) is 0 Å². The molecule has 4 nitrogen and oxygen atoms in total. The van der Waals surface area contributed by atoms with Crippen molar-refractivity contribution in [3.8, 4) is 0 Å². The van der Waals surface area contributed by atoms with Gasteiger partial charge in [-0.3, -0.25) is 4.79 Å². The van der Waals surface area contributed by atoms with Gasteiger partial charge in [0.2, 0.25) is 5.91 Å². The number of para-hydroxylation sites is 1. The summed E-state index contributed by atoms with van der Waals surface area (Å²) in [4.78, 5) is 12.3. The number of anilines is 1. The second-order valence-corrected chi connectivity index (χ2v) is 5.44. The monoisotopic (exact) mass is 276 g/mol. The largest absolute Gasteiger partial charge is 0.384 e. The number of carbonyl (C=O) groups is 1. The zero-order valence-corrected chi connectivity index (χ0v) is 12.3. The van der Waals surface area contributed by atoms with Crippen LogP contribution in [0.15, 0.2) is 24.3 Å². The van der Waals surface area contributed by atoms with Crippen LogP contribution >= 0.6 is 0 Å². The van der Waals surface area contributed by atoms with E-state index in [1.165, 1.54) is 0 Å². The smallest absolute Gasteiger partial charge is 0.241 e. The number of hydrogen-bond donors (Lipinski definition) is 2. The summed E-state index contributed by atoms with van der Waals surface area (Å²) >= 11 is 0. The normalized spacial score (nSPS) is 22.5. The Labute approximate surface area is 120 Å². The molecule has 0 bridgehead atoms. The molecule has 0 radical (unpaired) electrons. The molecule has 1 amide bonds. The van der Waals surface area contributed by atoms with E-state index in [-0.39, 0.29) is 11.9 Å². The van der Waals surface area contributed by atoms with Crippen molar-refractivity contribution in [1.82, 2.24) is 5.32 Å². The summed E-state index contributed by atoms with van der Waals surface area (Å²) in [6, 6.07) is 8.27. The summed E-state index contributed by atoms with van der Waals surface area (Å²) < 4.78 is 5.11. The first-order valence-electron chi connectivity index (χ1n) is 7.34. The quantitative estimate of drug-likeness (QED) is 0.868. The average molecular weight is 276 g/mol. The molecule has 110 valence electrons. The lowest BCUT2D eigenvalue weighted by Gasteiger charge is -2.28. The van der Waals surface area contributed by atoms with Crippen molar-refractivity contribution in [2.75, 3.05) is 19.0 Å². The Bertz CT molecular complexity index is 448. The van der Waals surface area contributed by atoms with Crippen molar-refractivity contribution < 1.29 is 9.53 Å². The fraction of sp³-hybridized carbons (Fsp3) is 0.562. The van der Waals surface area contributed by atoms with Gasteiger partial charge in [-0.05, 0) is 44.2 Å². The Morgan fingerprint density at radius 2 is 2.20 bits per heavy atom. The van der Waals surface area contributed by atoms with Gasteiger partial charge < -0.3 is 15.4 Å². The zero-order valence-electron chi connectivity index (χ0n) is 12.3. The minimum Gasteiger partial charge on any atom is -0.384 e. The van der Waals surface area contributed by atoms with E-state index in [9.17, 15) is 4.79 Å². The summed E-state index contributed by atoms with van der Waals surface area (Å²) in [7, 11) is 1.69. The number of ether oxygens (including phenoxy) is 1. The van der Waals surface area contributed by atoms with Crippen LogP contribution in [0.4, 0.5) is 5.69 Å². The van der Waals surface area contributed by atoms with Crippen molar-refractivity contribution in [3.63, 3.8) is 0 Å². The first kappa shape index (κ1) is 15.0. The Kier molecular flexibility index (Phi) is 5.56. The third-order valence-electron chi connectivity index (χ3n) is 3.78. The van der Waals surface area contributed by atoms with Crippen molar-refractivity contribution in [2.24, 2.45) is 0 Å². The highest BCUT2D eigenvalue weighted by Crippen LogP contribution is 2.18. The number of methoxy groups -OCH3 is 1. The van der Waals surface area contributed by atoms with Crippen LogP contribution in [0.5, 0.6) is 0 Å². The summed E-state index contributed by atoms with van der Waals surface area (Å²) in [5.41, 5.74) is 2.01. The number of piperidine rings is 1. The highest BCUT2D eigenvalue weighted by molar-refractivity contribution is 5.95. The van der Waals surface area contributed by atoms with E-state index in [1.807, 2.05) is 24.3 Å². The molecule has 1 heterocycles. The number of nitrogens with one attached hydrogen (secondary N) is 2. The van der Waals surface area contributed by atoms with Gasteiger partial charge in [-0.25, -0.2) is 0 Å². The van der Waals surface area contributed by atoms with Gasteiger partial charge >= 0.3 is 0 Å². The van der Waals surface area contributed by atoms with Gasteiger partial charge in [0.25, 0.3) is 0 Å². The van der Waals surface area contributed by atoms with E-state index >= 15 is 0 Å². The van der Waals surface area contributed by atoms with Crippen LogP contribution in [0.25, 0.3) is 0 Å². The van der Waals surface area contributed by atoms with Gasteiger partial charge in [0.1, 0.15) is 0 Å². The molecule has 1 saturated heterocycles. The summed E-state index contributed by atoms with van der Waals surface area (Å²) in [6.45, 7) is 2.79. The van der Waals surface area contributed by atoms with Gasteiger partial charge in [-0.1, -0.05) is 18.2 Å². The molecule has 2 atom stereocenters. The Balaban J connectivity index is 1.99. The first-order chi connectivity index (χ1) is 9.70. The maximum Gasteiger partial charge on any atom is 0.241 e. The Morgan fingerprint density at radius 1 is 1.40 bits per heavy atom. The third kappa shape index (κ3) is 4.05. The van der Waals surface area contributed by atoms with E-state index in [1.54, 1.807) is 7.11 Å². The molecule has 0 saturated carbocycles. The molecule has 20 heavy (non-hydrogen) atoms. The minimum atomic E-state index is -0.0748. The Hall–Kier alpha value is -1.39. The van der Waals surface area contributed by atoms with E-state index in [0.717, 1.165) is 36.9 Å². The van der Waals surface area contributed by atoms with E-state index in [2.05, 4.69) is 17.6 Å². The van der Waals surface area contributed by atoms with Crippen molar-refractivity contribution in [2.45, 2.75) is 44.7 Å². The average Bonchev–Trinajstić information content (AvgIpc) is 2.46. The molecule has 1 aromatic rings. The predicted molar refractivity (Wildman–Crippen MR) is 80.9 cm³/mol. The van der Waals surface area contributed by atoms with Crippen LogP contribution in [0.3, 0.4) is 0 Å². The Morgan fingerprint density at radius 3 is 2.95 bits per heavy atom. The maximum absolute atomic E-state index is 12.3. The highest BCUT2D eigenvalue weighted by atomic mass is 16.5. The van der Waals surface area contributed by atoms with Crippen molar-refractivity contribution in [3.05, 3.63) is 29.8 Å². The molecule has 1 aliphatic heterocycles. The predicted octanol–water partition coefficient (Wildman–Crippen LogP) is 2.34. The van der Waals surface area contributed by atoms with Gasteiger partial charge in [0.05, 0.1) is 12.6 Å². The highest BCUT2D eigenvalue weighted by Gasteiger charge is 2.24. The second kappa shape index (κ2) is 7.41. The molecular weight excluding hydrogens is 252 g/mol. The molecule has 0 aromatic heterocycles. The maximum atomic E-state index is 12.3. The van der Waals surface area contributed by atoms with Gasteiger partial charge in [-0.2, -0.15) is 0 Å². The number of hydrogen-bond acceptors (Lipinski definition) is 3. The second-order valence-electron chi connectivity index (χ2n) is 5.44. The lowest BCUT2D eigenvalue weighted by Crippen LogP contribution is -2.47. The molecule has 0 spiro atoms. The topological polar surface area (TPSA) is 50.4 Å². The van der Waals surface area contributed by atoms with Crippen LogP contribution in [-0.2, 0) is 16.0 Å². The third-order valence-corrected chi connectivity index (χ3v) is 3.78. The van der Waals surface area contributed by atoms with Crippen molar-refractivity contribution in [1.29, 1.82) is 0 Å². The zero-order chi connectivity index (χ0) is 14.4. The first-order valence-corrected chi connectivity index (χ1v) is 7.34. The van der Waals surface area contributed by atoms with Crippen LogP contribution in [0, 0.1) is 0 Å². The fourth-order valence-electron chi connectivity index (χ4n) is 2.64. The molecule has 0 aliphatic carbocycles. The standard InChI is InChI=1S/C16H24N2O2/c1-12-6-5-9-15(17-12)16(19)18-14-8-4-3-7-13(14)10-11-20-2/h3-4,7-8,12,15,17H,5-6,9-11H2,1-2H3,(H,18,19). The molecule has 1 aromatic carbocycles. The summed E-state index contributed by atoms with van der Waals surface area (Å²) in [5, 5.41) is 6.41. The molecule has 2 rings (SSSR count). The van der Waals surface area contributed by atoms with E-state index < -0.39 is 0 Å². The van der Waals surface area contributed by atoms with Crippen LogP contribution in [-0.4, -0.2) is 31.7 Å². The summed E-state index contributed by atoms with van der Waals surface area (Å²) in [5.74, 6) is 0.0708. The fourth-order valence-corrected chi connectivity index (χ4v) is 2.64. The SMILES string of the molecule is COCCc1ccccc1NC(=O)C1CCCC(C)N1. The van der Waals surface area contributed by atoms with E-state index in [4.69, 9.17) is 4.74 Å². The molecule has 1 fully saturated rings. The van der Waals surface area contributed by atoms with Crippen LogP contribution < -0.4 is 10.6 Å². The lowest BCUT2D eigenvalue weighted by atomic mass is 9.99. The number of rotatable bonds is 5. The summed E-state index contributed by atoms with van der Waals surface area (Å²) in [6.07, 6.45) is 3.98. The number of carbonyl (C=O) groups excluding carboxylic acids is 1. The molecular formula is C16H24N2O2. The number of benzene rings is 1. The van der Waals surface area contributed by atoms with Gasteiger partial charge in [0, 0.05) is 18.8 Å².